The highest BCUT2D eigenvalue weighted by Gasteiger charge is 2.30. The third kappa shape index (κ3) is 74.1. The van der Waals surface area contributed by atoms with Crippen LogP contribution in [-0.4, -0.2) is 96.7 Å². The van der Waals surface area contributed by atoms with Crippen LogP contribution in [0.2, 0.25) is 0 Å². The minimum Gasteiger partial charge on any atom is -0.462 e. The summed E-state index contributed by atoms with van der Waals surface area (Å²) in [5.41, 5.74) is 0. The summed E-state index contributed by atoms with van der Waals surface area (Å²) in [6.07, 6.45) is 64.2. The maximum atomic E-state index is 13.1. The van der Waals surface area contributed by atoms with E-state index < -0.39 is 97.5 Å². The van der Waals surface area contributed by atoms with Crippen molar-refractivity contribution in [2.24, 2.45) is 5.92 Å². The summed E-state index contributed by atoms with van der Waals surface area (Å²) in [6, 6.07) is 0. The Balaban J connectivity index is 5.16. The topological polar surface area (TPSA) is 237 Å². The number of unbranched alkanes of at least 4 members (excludes halogenated alkanes) is 52. The van der Waals surface area contributed by atoms with E-state index in [1.165, 1.54) is 244 Å². The molecule has 588 valence electrons. The Kier molecular flexibility index (Phi) is 71.6. The number of carbonyl (C=O) groups is 4. The average Bonchev–Trinajstić information content (AvgIpc) is 2.21. The number of carbonyl (C=O) groups excluding carboxylic acids is 4. The van der Waals surface area contributed by atoms with Crippen LogP contribution in [0.4, 0.5) is 0 Å². The lowest BCUT2D eigenvalue weighted by Gasteiger charge is -2.21. The van der Waals surface area contributed by atoms with Gasteiger partial charge in [0.1, 0.15) is 19.3 Å². The molecule has 0 bridgehead atoms. The number of rotatable bonds is 80. The van der Waals surface area contributed by atoms with Gasteiger partial charge in [-0.05, 0) is 31.6 Å². The van der Waals surface area contributed by atoms with Crippen molar-refractivity contribution in [3.63, 3.8) is 0 Å². The lowest BCUT2D eigenvalue weighted by atomic mass is 10.0. The van der Waals surface area contributed by atoms with Crippen LogP contribution in [0.3, 0.4) is 0 Å². The van der Waals surface area contributed by atoms with Gasteiger partial charge in [0.2, 0.25) is 0 Å². The number of phosphoric ester groups is 2. The minimum atomic E-state index is -4.96. The van der Waals surface area contributed by atoms with E-state index in [0.717, 1.165) is 102 Å². The molecule has 99 heavy (non-hydrogen) atoms. The zero-order chi connectivity index (χ0) is 72.7. The lowest BCUT2D eigenvalue weighted by Crippen LogP contribution is -2.30. The van der Waals surface area contributed by atoms with Crippen LogP contribution in [0.1, 0.15) is 426 Å². The van der Waals surface area contributed by atoms with E-state index in [9.17, 15) is 43.2 Å². The van der Waals surface area contributed by atoms with Gasteiger partial charge in [-0.1, -0.05) is 375 Å². The summed E-state index contributed by atoms with van der Waals surface area (Å²) in [6.45, 7) is 7.24. The molecule has 5 atom stereocenters. The Morgan fingerprint density at radius 1 is 0.273 bits per heavy atom. The van der Waals surface area contributed by atoms with Crippen molar-refractivity contribution in [1.82, 2.24) is 0 Å². The molecule has 0 aliphatic rings. The van der Waals surface area contributed by atoms with Crippen LogP contribution in [-0.2, 0) is 65.4 Å². The molecule has 17 nitrogen and oxygen atoms in total. The van der Waals surface area contributed by atoms with Gasteiger partial charge in [0.05, 0.1) is 26.4 Å². The van der Waals surface area contributed by atoms with Gasteiger partial charge in [-0.3, -0.25) is 37.3 Å². The molecule has 0 fully saturated rings. The molecule has 0 aromatic heterocycles. The van der Waals surface area contributed by atoms with Crippen molar-refractivity contribution in [2.45, 2.75) is 445 Å². The number of hydrogen-bond acceptors (Lipinski definition) is 15. The molecule has 0 amide bonds. The fraction of sp³-hybridized carbons (Fsp3) is 0.950. The van der Waals surface area contributed by atoms with Gasteiger partial charge in [0.25, 0.3) is 0 Å². The fourth-order valence-electron chi connectivity index (χ4n) is 12.4. The molecule has 0 aliphatic carbocycles. The first kappa shape index (κ1) is 97.1. The van der Waals surface area contributed by atoms with Crippen molar-refractivity contribution in [1.29, 1.82) is 0 Å². The number of hydrogen-bond donors (Lipinski definition) is 3. The maximum absolute atomic E-state index is 13.1. The zero-order valence-electron chi connectivity index (χ0n) is 64.6. The molecule has 0 aromatic rings. The molecule has 19 heteroatoms. The predicted octanol–water partition coefficient (Wildman–Crippen LogP) is 24.0. The summed E-state index contributed by atoms with van der Waals surface area (Å²) in [4.78, 5) is 72.8. The Bertz CT molecular complexity index is 1890. The van der Waals surface area contributed by atoms with E-state index in [2.05, 4.69) is 34.6 Å². The number of phosphoric acid groups is 2. The third-order valence-corrected chi connectivity index (χ3v) is 20.7. The number of esters is 4. The summed E-state index contributed by atoms with van der Waals surface area (Å²) in [5, 5.41) is 10.6. The van der Waals surface area contributed by atoms with E-state index in [-0.39, 0.29) is 25.7 Å². The monoisotopic (exact) mass is 1450 g/mol. The smallest absolute Gasteiger partial charge is 0.462 e. The maximum Gasteiger partial charge on any atom is 0.472 e. The normalized spacial score (nSPS) is 13.9. The number of aliphatic hydroxyl groups excluding tert-OH is 1. The molecular weight excluding hydrogens is 1290 g/mol. The van der Waals surface area contributed by atoms with Crippen LogP contribution in [0.25, 0.3) is 0 Å². The van der Waals surface area contributed by atoms with E-state index in [1.54, 1.807) is 0 Å². The second-order valence-electron chi connectivity index (χ2n) is 29.3. The highest BCUT2D eigenvalue weighted by Crippen LogP contribution is 2.45. The summed E-state index contributed by atoms with van der Waals surface area (Å²) < 4.78 is 68.5. The summed E-state index contributed by atoms with van der Waals surface area (Å²) >= 11 is 0. The molecule has 0 heterocycles. The Morgan fingerprint density at radius 3 is 0.687 bits per heavy atom. The van der Waals surface area contributed by atoms with Gasteiger partial charge in [-0.2, -0.15) is 0 Å². The van der Waals surface area contributed by atoms with E-state index in [4.69, 9.17) is 37.0 Å². The van der Waals surface area contributed by atoms with Crippen molar-refractivity contribution in [3.8, 4) is 0 Å². The second kappa shape index (κ2) is 73.0. The Hall–Kier alpha value is -1.94. The first-order valence-electron chi connectivity index (χ1n) is 41.6. The first-order chi connectivity index (χ1) is 48.0. The van der Waals surface area contributed by atoms with Crippen molar-refractivity contribution >= 4 is 39.5 Å². The molecule has 0 aliphatic heterocycles. The molecule has 2 unspecified atom stereocenters. The highest BCUT2D eigenvalue weighted by molar-refractivity contribution is 7.47. The van der Waals surface area contributed by atoms with Gasteiger partial charge < -0.3 is 33.8 Å². The predicted molar refractivity (Wildman–Crippen MR) is 405 cm³/mol. The van der Waals surface area contributed by atoms with Crippen molar-refractivity contribution < 1.29 is 80.2 Å². The Labute approximate surface area is 607 Å². The molecule has 0 spiro atoms. The van der Waals surface area contributed by atoms with Crippen LogP contribution >= 0.6 is 15.6 Å². The van der Waals surface area contributed by atoms with Gasteiger partial charge in [-0.25, -0.2) is 9.13 Å². The van der Waals surface area contributed by atoms with Crippen molar-refractivity contribution in [2.75, 3.05) is 39.6 Å². The minimum absolute atomic E-state index is 0.105. The molecule has 0 saturated carbocycles. The van der Waals surface area contributed by atoms with Crippen LogP contribution in [0.15, 0.2) is 0 Å². The van der Waals surface area contributed by atoms with Crippen molar-refractivity contribution in [3.05, 3.63) is 0 Å². The number of ether oxygens (including phenoxy) is 4. The van der Waals surface area contributed by atoms with Gasteiger partial charge in [0.15, 0.2) is 12.2 Å². The van der Waals surface area contributed by atoms with E-state index in [1.807, 2.05) is 0 Å². The fourth-order valence-corrected chi connectivity index (χ4v) is 14.0. The average molecular weight is 1450 g/mol. The molecular formula is C80H156O17P2. The third-order valence-electron chi connectivity index (χ3n) is 18.8. The standard InChI is InChI=1S/C80H156O17P2/c1-6-9-12-15-18-21-23-25-27-29-31-32-33-34-36-38-40-42-44-50-55-60-65-79(84)96-76(70-91-78(83)64-59-54-49-43-41-39-37-35-30-28-26-24-22-19-16-13-10-7-2)72-95-99(88,89)93-68-74(81)67-92-98(86,87)94-71-75(69-90-77(82)63-58-53-48-20-17-14-11-8-3)97-80(85)66-61-56-51-46-45-47-52-57-62-73(4)5/h73-76,81H,6-72H2,1-5H3,(H,86,87)(H,88,89)/t74-,75+,76+/m0/s1. The second-order valence-corrected chi connectivity index (χ2v) is 32.2. The van der Waals surface area contributed by atoms with E-state index >= 15 is 0 Å². The van der Waals surface area contributed by atoms with Crippen LogP contribution < -0.4 is 0 Å². The molecule has 0 rings (SSSR count). The van der Waals surface area contributed by atoms with Gasteiger partial charge in [-0.15, -0.1) is 0 Å². The van der Waals surface area contributed by atoms with Gasteiger partial charge >= 0.3 is 39.5 Å². The molecule has 0 radical (unpaired) electrons. The Morgan fingerprint density at radius 2 is 0.465 bits per heavy atom. The molecule has 0 aromatic carbocycles. The zero-order valence-corrected chi connectivity index (χ0v) is 66.4. The van der Waals surface area contributed by atoms with E-state index in [0.29, 0.717) is 25.7 Å². The quantitative estimate of drug-likeness (QED) is 0.0222. The molecule has 0 saturated heterocycles. The summed E-state index contributed by atoms with van der Waals surface area (Å²) in [5.74, 6) is -1.40. The first-order valence-corrected chi connectivity index (χ1v) is 44.6. The largest absolute Gasteiger partial charge is 0.472 e. The SMILES string of the molecule is CCCCCCCCCCCCCCCCCCCCCCCCC(=O)O[C@H](COC(=O)CCCCCCCCCCCCCCCCCCCC)COP(=O)(O)OC[C@@H](O)COP(=O)(O)OC[C@@H](COC(=O)CCCCCCCCCC)OC(=O)CCCCCCCCCCC(C)C. The summed E-state index contributed by atoms with van der Waals surface area (Å²) in [7, 11) is -9.91. The lowest BCUT2D eigenvalue weighted by molar-refractivity contribution is -0.161. The van der Waals surface area contributed by atoms with Gasteiger partial charge in [0, 0.05) is 25.7 Å². The highest BCUT2D eigenvalue weighted by atomic mass is 31.2. The van der Waals surface area contributed by atoms with Crippen LogP contribution in [0, 0.1) is 5.92 Å². The molecule has 3 N–H and O–H groups in total. The number of aliphatic hydroxyl groups is 1. The van der Waals surface area contributed by atoms with Crippen LogP contribution in [0.5, 0.6) is 0 Å².